The fourth-order valence-corrected chi connectivity index (χ4v) is 3.13. The average Bonchev–Trinajstić information content (AvgIpc) is 3.26. The van der Waals surface area contributed by atoms with Crippen molar-refractivity contribution < 1.29 is 41.8 Å². The van der Waals surface area contributed by atoms with Crippen molar-refractivity contribution in [2.75, 3.05) is 18.7 Å². The van der Waals surface area contributed by atoms with Crippen molar-refractivity contribution in [3.05, 3.63) is 48.0 Å². The molecule has 12 heteroatoms. The van der Waals surface area contributed by atoms with Gasteiger partial charge < -0.3 is 24.8 Å². The quantitative estimate of drug-likeness (QED) is 0.697. The highest BCUT2D eigenvalue weighted by atomic mass is 19.4. The average molecular weight is 437 g/mol. The minimum absolute atomic E-state index is 0.0517. The molecule has 2 aromatic rings. The van der Waals surface area contributed by atoms with Crippen LogP contribution in [0.25, 0.3) is 0 Å². The van der Waals surface area contributed by atoms with Gasteiger partial charge in [-0.05, 0) is 18.2 Å². The molecule has 2 N–H and O–H groups in total. The maximum Gasteiger partial charge on any atom is 0.573 e. The van der Waals surface area contributed by atoms with Gasteiger partial charge in [0.05, 0.1) is 0 Å². The standard InChI is InChI=1S/C19H14F3N3O6/c20-19(21,22)31-12-4-2-1-3-11(12)16-17(27)25(18(28)24-16)8-15(26)23-10-5-6-13-14(7-10)30-9-29-13/h1-7,16H,8-9H2,(H,23,26)(H,24,28)/t16-/m1/s1. The minimum Gasteiger partial charge on any atom is -0.454 e. The Labute approximate surface area is 172 Å². The lowest BCUT2D eigenvalue weighted by Crippen LogP contribution is -2.38. The monoisotopic (exact) mass is 437 g/mol. The van der Waals surface area contributed by atoms with Gasteiger partial charge in [0.25, 0.3) is 5.91 Å². The van der Waals surface area contributed by atoms with Crippen LogP contribution in [0.3, 0.4) is 0 Å². The third-order valence-corrected chi connectivity index (χ3v) is 4.44. The topological polar surface area (TPSA) is 106 Å². The highest BCUT2D eigenvalue weighted by molar-refractivity contribution is 6.08. The fourth-order valence-electron chi connectivity index (χ4n) is 3.13. The van der Waals surface area contributed by atoms with Crippen LogP contribution in [0.2, 0.25) is 0 Å². The zero-order valence-electron chi connectivity index (χ0n) is 15.6. The van der Waals surface area contributed by atoms with E-state index in [2.05, 4.69) is 15.4 Å². The van der Waals surface area contributed by atoms with Crippen molar-refractivity contribution >= 4 is 23.5 Å². The molecule has 4 rings (SSSR count). The summed E-state index contributed by atoms with van der Waals surface area (Å²) < 4.78 is 52.2. The van der Waals surface area contributed by atoms with Crippen LogP contribution in [0.1, 0.15) is 11.6 Å². The van der Waals surface area contributed by atoms with E-state index in [0.29, 0.717) is 22.1 Å². The first-order valence-corrected chi connectivity index (χ1v) is 8.87. The number of hydrogen-bond donors (Lipinski definition) is 2. The van der Waals surface area contributed by atoms with Crippen LogP contribution in [0.5, 0.6) is 17.2 Å². The van der Waals surface area contributed by atoms with Gasteiger partial charge in [-0.15, -0.1) is 13.2 Å². The molecule has 9 nitrogen and oxygen atoms in total. The number of amides is 4. The van der Waals surface area contributed by atoms with Crippen molar-refractivity contribution in [1.29, 1.82) is 0 Å². The number of carbonyl (C=O) groups excluding carboxylic acids is 3. The number of alkyl halides is 3. The first kappa shape index (κ1) is 20.3. The Morgan fingerprint density at radius 3 is 2.68 bits per heavy atom. The van der Waals surface area contributed by atoms with Gasteiger partial charge in [0.2, 0.25) is 12.7 Å². The lowest BCUT2D eigenvalue weighted by Gasteiger charge is -2.16. The molecule has 0 unspecified atom stereocenters. The number of ether oxygens (including phenoxy) is 3. The maximum absolute atomic E-state index is 12.7. The lowest BCUT2D eigenvalue weighted by atomic mass is 10.1. The molecule has 0 bridgehead atoms. The Hall–Kier alpha value is -3.96. The van der Waals surface area contributed by atoms with E-state index in [0.717, 1.165) is 6.07 Å². The summed E-state index contributed by atoms with van der Waals surface area (Å²) in [5, 5.41) is 4.79. The number of benzene rings is 2. The molecule has 4 amide bonds. The van der Waals surface area contributed by atoms with Crippen LogP contribution >= 0.6 is 0 Å². The zero-order valence-corrected chi connectivity index (χ0v) is 15.6. The minimum atomic E-state index is -4.98. The first-order chi connectivity index (χ1) is 14.7. The Balaban J connectivity index is 1.46. The SMILES string of the molecule is O=C(CN1C(=O)N[C@H](c2ccccc2OC(F)(F)F)C1=O)Nc1ccc2c(c1)OCO2. The molecule has 0 aromatic heterocycles. The molecule has 1 saturated heterocycles. The number of urea groups is 1. The summed E-state index contributed by atoms with van der Waals surface area (Å²) in [5.41, 5.74) is 0.165. The molecule has 0 radical (unpaired) electrons. The number of nitrogens with zero attached hydrogens (tertiary/aromatic N) is 1. The van der Waals surface area contributed by atoms with Gasteiger partial charge in [-0.25, -0.2) is 4.79 Å². The molecule has 162 valence electrons. The normalized spacial score (nSPS) is 17.5. The summed E-state index contributed by atoms with van der Waals surface area (Å²) in [4.78, 5) is 37.8. The highest BCUT2D eigenvalue weighted by Gasteiger charge is 2.42. The zero-order chi connectivity index (χ0) is 22.2. The van der Waals surface area contributed by atoms with E-state index in [9.17, 15) is 27.6 Å². The van der Waals surface area contributed by atoms with Crippen molar-refractivity contribution in [2.45, 2.75) is 12.4 Å². The molecule has 31 heavy (non-hydrogen) atoms. The Morgan fingerprint density at radius 2 is 1.90 bits per heavy atom. The molecule has 1 fully saturated rings. The second-order valence-electron chi connectivity index (χ2n) is 6.51. The van der Waals surface area contributed by atoms with E-state index in [1.54, 1.807) is 12.1 Å². The molecular formula is C19H14F3N3O6. The molecule has 2 aromatic carbocycles. The van der Waals surface area contributed by atoms with Crippen LogP contribution < -0.4 is 24.8 Å². The number of halogens is 3. The van der Waals surface area contributed by atoms with Gasteiger partial charge in [-0.1, -0.05) is 18.2 Å². The van der Waals surface area contributed by atoms with E-state index in [1.165, 1.54) is 24.3 Å². The molecule has 0 saturated carbocycles. The lowest BCUT2D eigenvalue weighted by molar-refractivity contribution is -0.275. The summed E-state index contributed by atoms with van der Waals surface area (Å²) in [7, 11) is 0. The van der Waals surface area contributed by atoms with E-state index in [1.807, 2.05) is 0 Å². The van der Waals surface area contributed by atoms with Crippen molar-refractivity contribution in [3.8, 4) is 17.2 Å². The van der Waals surface area contributed by atoms with Crippen LogP contribution in [0.15, 0.2) is 42.5 Å². The van der Waals surface area contributed by atoms with E-state index in [-0.39, 0.29) is 12.4 Å². The van der Waals surface area contributed by atoms with Gasteiger partial charge in [0, 0.05) is 17.3 Å². The van der Waals surface area contributed by atoms with Crippen molar-refractivity contribution in [3.63, 3.8) is 0 Å². The number of imide groups is 1. The molecule has 2 aliphatic heterocycles. The first-order valence-electron chi connectivity index (χ1n) is 8.87. The predicted molar refractivity (Wildman–Crippen MR) is 97.3 cm³/mol. The number of carbonyl (C=O) groups is 3. The molecule has 1 atom stereocenters. The number of fused-ring (bicyclic) bond motifs is 1. The van der Waals surface area contributed by atoms with Crippen molar-refractivity contribution in [2.24, 2.45) is 0 Å². The number of para-hydroxylation sites is 1. The van der Waals surface area contributed by atoms with Gasteiger partial charge in [0.1, 0.15) is 18.3 Å². The molecule has 2 heterocycles. The number of anilines is 1. The van der Waals surface area contributed by atoms with E-state index >= 15 is 0 Å². The van der Waals surface area contributed by atoms with Crippen LogP contribution in [0, 0.1) is 0 Å². The Morgan fingerprint density at radius 1 is 1.16 bits per heavy atom. The largest absolute Gasteiger partial charge is 0.573 e. The van der Waals surface area contributed by atoms with Gasteiger partial charge in [-0.2, -0.15) is 0 Å². The fraction of sp³-hybridized carbons (Fsp3) is 0.211. The number of rotatable bonds is 5. The van der Waals surface area contributed by atoms with Crippen LogP contribution in [0.4, 0.5) is 23.7 Å². The van der Waals surface area contributed by atoms with Crippen LogP contribution in [-0.2, 0) is 9.59 Å². The maximum atomic E-state index is 12.7. The van der Waals surface area contributed by atoms with E-state index < -0.39 is 42.5 Å². The molecule has 0 spiro atoms. The van der Waals surface area contributed by atoms with Crippen molar-refractivity contribution in [1.82, 2.24) is 10.2 Å². The number of hydrogen-bond acceptors (Lipinski definition) is 6. The Kier molecular flexibility index (Phi) is 5.05. The van der Waals surface area contributed by atoms with Crippen LogP contribution in [-0.4, -0.2) is 42.4 Å². The Bertz CT molecular complexity index is 1060. The van der Waals surface area contributed by atoms with Gasteiger partial charge >= 0.3 is 12.4 Å². The second kappa shape index (κ2) is 7.70. The summed E-state index contributed by atoms with van der Waals surface area (Å²) in [6.07, 6.45) is -4.98. The molecule has 2 aliphatic rings. The predicted octanol–water partition coefficient (Wildman–Crippen LogP) is 2.55. The smallest absolute Gasteiger partial charge is 0.454 e. The van der Waals surface area contributed by atoms with Gasteiger partial charge in [-0.3, -0.25) is 14.5 Å². The molecule has 0 aliphatic carbocycles. The third kappa shape index (κ3) is 4.32. The second-order valence-corrected chi connectivity index (χ2v) is 6.51. The summed E-state index contributed by atoms with van der Waals surface area (Å²) in [6, 6.07) is 7.23. The molecular weight excluding hydrogens is 423 g/mol. The van der Waals surface area contributed by atoms with E-state index in [4.69, 9.17) is 9.47 Å². The number of nitrogens with one attached hydrogen (secondary N) is 2. The summed E-state index contributed by atoms with van der Waals surface area (Å²) >= 11 is 0. The highest BCUT2D eigenvalue weighted by Crippen LogP contribution is 2.35. The third-order valence-electron chi connectivity index (χ3n) is 4.44. The summed E-state index contributed by atoms with van der Waals surface area (Å²) in [6.45, 7) is -0.589. The van der Waals surface area contributed by atoms with Gasteiger partial charge in [0.15, 0.2) is 11.5 Å². The summed E-state index contributed by atoms with van der Waals surface area (Å²) in [5.74, 6) is -1.27.